The van der Waals surface area contributed by atoms with Crippen molar-refractivity contribution in [3.63, 3.8) is 0 Å². The summed E-state index contributed by atoms with van der Waals surface area (Å²) in [5.41, 5.74) is 5.80. The van der Waals surface area contributed by atoms with Crippen LogP contribution < -0.4 is 5.73 Å². The van der Waals surface area contributed by atoms with Crippen molar-refractivity contribution in [3.8, 4) is 0 Å². The first-order valence-electron chi connectivity index (χ1n) is 7.60. The van der Waals surface area contributed by atoms with Gasteiger partial charge in [0.05, 0.1) is 0 Å². The molecule has 0 aromatic heterocycles. The average molecular weight is 323 g/mol. The molecule has 1 aliphatic rings. The van der Waals surface area contributed by atoms with Crippen LogP contribution in [0.15, 0.2) is 24.3 Å². The molecule has 1 aliphatic heterocycles. The van der Waals surface area contributed by atoms with E-state index < -0.39 is 5.41 Å². The lowest BCUT2D eigenvalue weighted by molar-refractivity contribution is -0.139. The molecule has 1 atom stereocenters. The number of benzene rings is 1. The molecule has 1 fully saturated rings. The van der Waals surface area contributed by atoms with Gasteiger partial charge in [-0.25, -0.2) is 0 Å². The van der Waals surface area contributed by atoms with E-state index in [0.29, 0.717) is 31.0 Å². The summed E-state index contributed by atoms with van der Waals surface area (Å²) < 4.78 is 0. The first-order chi connectivity index (χ1) is 10.3. The smallest absolute Gasteiger partial charge is 0.228 e. The first kappa shape index (κ1) is 16.8. The molecule has 0 radical (unpaired) electrons. The Hall–Kier alpha value is -1.55. The van der Waals surface area contributed by atoms with Gasteiger partial charge in [0.25, 0.3) is 0 Å². The summed E-state index contributed by atoms with van der Waals surface area (Å²) in [5, 5.41) is 0.684. The average Bonchev–Trinajstić information content (AvgIpc) is 2.84. The molecule has 1 aromatic rings. The van der Waals surface area contributed by atoms with Crippen LogP contribution in [0.1, 0.15) is 32.3 Å². The van der Waals surface area contributed by atoms with E-state index in [9.17, 15) is 9.59 Å². The van der Waals surface area contributed by atoms with Gasteiger partial charge in [0.1, 0.15) is 0 Å². The molecule has 1 saturated heterocycles. The summed E-state index contributed by atoms with van der Waals surface area (Å²) in [6.45, 7) is 5.24. The summed E-state index contributed by atoms with van der Waals surface area (Å²) in [4.78, 5) is 25.6. The summed E-state index contributed by atoms with van der Waals surface area (Å²) >= 11 is 6.01. The number of carbonyl (C=O) groups excluding carboxylic acids is 2. The third-order valence-corrected chi connectivity index (χ3v) is 4.41. The molecule has 0 aliphatic carbocycles. The van der Waals surface area contributed by atoms with Crippen molar-refractivity contribution in [2.24, 2.45) is 17.1 Å². The molecule has 0 spiro atoms. The van der Waals surface area contributed by atoms with E-state index in [4.69, 9.17) is 17.3 Å². The van der Waals surface area contributed by atoms with Crippen LogP contribution in [0.3, 0.4) is 0 Å². The quantitative estimate of drug-likeness (QED) is 0.905. The number of hydrogen-bond acceptors (Lipinski definition) is 2. The third-order valence-electron chi connectivity index (χ3n) is 4.18. The zero-order chi connectivity index (χ0) is 16.3. The fraction of sp³-hybridized carbons (Fsp3) is 0.529. The first-order valence-corrected chi connectivity index (χ1v) is 7.98. The van der Waals surface area contributed by atoms with Crippen LogP contribution >= 0.6 is 11.6 Å². The van der Waals surface area contributed by atoms with E-state index in [2.05, 4.69) is 0 Å². The highest BCUT2D eigenvalue weighted by atomic mass is 35.5. The number of rotatable bonds is 5. The molecule has 22 heavy (non-hydrogen) atoms. The Labute approximate surface area is 136 Å². The Balaban J connectivity index is 2.00. The zero-order valence-corrected chi connectivity index (χ0v) is 13.9. The van der Waals surface area contributed by atoms with Crippen molar-refractivity contribution in [1.82, 2.24) is 4.90 Å². The molecular weight excluding hydrogens is 300 g/mol. The van der Waals surface area contributed by atoms with E-state index >= 15 is 0 Å². The highest BCUT2D eigenvalue weighted by Crippen LogP contribution is 2.29. The predicted molar refractivity (Wildman–Crippen MR) is 87.4 cm³/mol. The standard InChI is InChI=1S/C17H23ClN2O2/c1-17(2,10-12-4-3-5-14(18)8-12)16(22)20-7-6-13(11-20)9-15(19)21/h3-5,8,13H,6-7,9-11H2,1-2H3,(H2,19,21). The second-order valence-corrected chi connectivity index (χ2v) is 7.20. The van der Waals surface area contributed by atoms with Crippen LogP contribution in [-0.2, 0) is 16.0 Å². The van der Waals surface area contributed by atoms with Gasteiger partial charge in [-0.05, 0) is 36.5 Å². The summed E-state index contributed by atoms with van der Waals surface area (Å²) in [7, 11) is 0. The topological polar surface area (TPSA) is 63.4 Å². The van der Waals surface area contributed by atoms with Crippen LogP contribution in [0.25, 0.3) is 0 Å². The molecule has 4 nitrogen and oxygen atoms in total. The van der Waals surface area contributed by atoms with Gasteiger partial charge >= 0.3 is 0 Å². The van der Waals surface area contributed by atoms with Crippen molar-refractivity contribution in [2.45, 2.75) is 33.1 Å². The fourth-order valence-corrected chi connectivity index (χ4v) is 3.34. The maximum absolute atomic E-state index is 12.8. The number of hydrogen-bond donors (Lipinski definition) is 1. The van der Waals surface area contributed by atoms with E-state index in [1.807, 2.05) is 43.0 Å². The molecule has 1 unspecified atom stereocenters. The van der Waals surface area contributed by atoms with Gasteiger partial charge < -0.3 is 10.6 Å². The van der Waals surface area contributed by atoms with E-state index in [0.717, 1.165) is 12.0 Å². The molecule has 2 N–H and O–H groups in total. The van der Waals surface area contributed by atoms with Crippen molar-refractivity contribution >= 4 is 23.4 Å². The lowest BCUT2D eigenvalue weighted by Crippen LogP contribution is -2.41. The molecule has 2 rings (SSSR count). The zero-order valence-electron chi connectivity index (χ0n) is 13.1. The fourth-order valence-electron chi connectivity index (χ4n) is 3.13. The molecule has 2 amide bonds. The van der Waals surface area contributed by atoms with Crippen molar-refractivity contribution in [3.05, 3.63) is 34.9 Å². The van der Waals surface area contributed by atoms with Gasteiger partial charge in [0.2, 0.25) is 11.8 Å². The van der Waals surface area contributed by atoms with Gasteiger partial charge in [-0.1, -0.05) is 37.6 Å². The number of nitrogens with two attached hydrogens (primary N) is 1. The van der Waals surface area contributed by atoms with Gasteiger partial charge in [-0.15, -0.1) is 0 Å². The number of halogens is 1. The molecular formula is C17H23ClN2O2. The molecule has 1 aromatic carbocycles. The lowest BCUT2D eigenvalue weighted by atomic mass is 9.84. The van der Waals surface area contributed by atoms with E-state index in [1.54, 1.807) is 0 Å². The maximum atomic E-state index is 12.8. The summed E-state index contributed by atoms with van der Waals surface area (Å²) in [6.07, 6.45) is 1.85. The van der Waals surface area contributed by atoms with Crippen LogP contribution in [0.4, 0.5) is 0 Å². The molecule has 0 saturated carbocycles. The molecule has 0 bridgehead atoms. The summed E-state index contributed by atoms with van der Waals surface area (Å²) in [6, 6.07) is 7.61. The minimum absolute atomic E-state index is 0.124. The largest absolute Gasteiger partial charge is 0.370 e. The Morgan fingerprint density at radius 2 is 2.14 bits per heavy atom. The van der Waals surface area contributed by atoms with Gasteiger partial charge in [0, 0.05) is 29.9 Å². The van der Waals surface area contributed by atoms with Crippen LogP contribution in [-0.4, -0.2) is 29.8 Å². The lowest BCUT2D eigenvalue weighted by Gasteiger charge is -2.29. The summed E-state index contributed by atoms with van der Waals surface area (Å²) in [5.74, 6) is 0.0281. The molecule has 1 heterocycles. The van der Waals surface area contributed by atoms with Crippen molar-refractivity contribution in [2.75, 3.05) is 13.1 Å². The Kier molecular flexibility index (Phi) is 5.12. The predicted octanol–water partition coefficient (Wildman–Crippen LogP) is 2.63. The second-order valence-electron chi connectivity index (χ2n) is 6.77. The van der Waals surface area contributed by atoms with Crippen molar-refractivity contribution < 1.29 is 9.59 Å². The van der Waals surface area contributed by atoms with Crippen LogP contribution in [0.2, 0.25) is 5.02 Å². The van der Waals surface area contributed by atoms with Gasteiger partial charge in [0.15, 0.2) is 0 Å². The van der Waals surface area contributed by atoms with E-state index in [1.165, 1.54) is 0 Å². The highest BCUT2D eigenvalue weighted by molar-refractivity contribution is 6.30. The molecule has 5 heteroatoms. The van der Waals surface area contributed by atoms with Crippen LogP contribution in [0, 0.1) is 11.3 Å². The normalized spacial score (nSPS) is 18.5. The number of nitrogens with zero attached hydrogens (tertiary/aromatic N) is 1. The highest BCUT2D eigenvalue weighted by Gasteiger charge is 2.36. The van der Waals surface area contributed by atoms with Crippen LogP contribution in [0.5, 0.6) is 0 Å². The van der Waals surface area contributed by atoms with E-state index in [-0.39, 0.29) is 17.7 Å². The SMILES string of the molecule is CC(C)(Cc1cccc(Cl)c1)C(=O)N1CCC(CC(N)=O)C1. The molecule has 120 valence electrons. The second kappa shape index (κ2) is 6.69. The maximum Gasteiger partial charge on any atom is 0.228 e. The third kappa shape index (κ3) is 4.23. The van der Waals surface area contributed by atoms with Gasteiger partial charge in [-0.3, -0.25) is 9.59 Å². The Morgan fingerprint density at radius 1 is 1.41 bits per heavy atom. The minimum Gasteiger partial charge on any atom is -0.370 e. The van der Waals surface area contributed by atoms with Gasteiger partial charge in [-0.2, -0.15) is 0 Å². The number of amides is 2. The monoisotopic (exact) mass is 322 g/mol. The van der Waals surface area contributed by atoms with Crippen molar-refractivity contribution in [1.29, 1.82) is 0 Å². The Morgan fingerprint density at radius 3 is 2.77 bits per heavy atom. The number of carbonyl (C=O) groups is 2. The minimum atomic E-state index is -0.494. The Bertz CT molecular complexity index is 572. The number of primary amides is 1. The number of likely N-dealkylation sites (tertiary alicyclic amines) is 1.